The van der Waals surface area contributed by atoms with Gasteiger partial charge < -0.3 is 4.42 Å². The molecule has 0 N–H and O–H groups in total. The van der Waals surface area contributed by atoms with Gasteiger partial charge in [-0.2, -0.15) is 0 Å². The monoisotopic (exact) mass is 248 g/mol. The summed E-state index contributed by atoms with van der Waals surface area (Å²) in [5.74, 6) is 0.348. The maximum Gasteiger partial charge on any atom is 0.336 e. The topological polar surface area (TPSA) is 30.2 Å². The van der Waals surface area contributed by atoms with Crippen LogP contribution in [-0.2, 0) is 18.7 Å². The average molecular weight is 249 g/mol. The first kappa shape index (κ1) is 10.8. The Kier molecular flexibility index (Phi) is 2.67. The van der Waals surface area contributed by atoms with Gasteiger partial charge >= 0.3 is 5.63 Å². The minimum Gasteiger partial charge on any atom is -0.423 e. The van der Waals surface area contributed by atoms with Gasteiger partial charge in [0.1, 0.15) is 5.58 Å². The molecule has 1 aromatic heterocycles. The second-order valence-corrected chi connectivity index (χ2v) is 4.82. The Bertz CT molecular complexity index is 628. The molecule has 0 saturated heterocycles. The second kappa shape index (κ2) is 4.19. The third-order valence-corrected chi connectivity index (χ3v) is 3.72. The molecule has 1 aliphatic carbocycles. The average Bonchev–Trinajstić information content (AvgIpc) is 2.35. The molecular formula is C14H13ClO2. The molecule has 0 fully saturated rings. The van der Waals surface area contributed by atoms with E-state index in [-0.39, 0.29) is 5.63 Å². The van der Waals surface area contributed by atoms with Crippen LogP contribution in [0.2, 0.25) is 0 Å². The van der Waals surface area contributed by atoms with E-state index in [0.717, 1.165) is 23.8 Å². The quantitative estimate of drug-likeness (QED) is 0.572. The summed E-state index contributed by atoms with van der Waals surface area (Å²) in [6, 6.07) is 5.65. The largest absolute Gasteiger partial charge is 0.423 e. The van der Waals surface area contributed by atoms with Crippen LogP contribution in [0.3, 0.4) is 0 Å². The number of alkyl halides is 1. The molecule has 2 aromatic rings. The van der Waals surface area contributed by atoms with Gasteiger partial charge in [0, 0.05) is 17.3 Å². The van der Waals surface area contributed by atoms with Crippen LogP contribution in [0, 0.1) is 0 Å². The van der Waals surface area contributed by atoms with E-state index in [1.165, 1.54) is 30.0 Å². The zero-order valence-corrected chi connectivity index (χ0v) is 10.2. The van der Waals surface area contributed by atoms with Crippen LogP contribution in [-0.4, -0.2) is 0 Å². The zero-order chi connectivity index (χ0) is 11.8. The molecule has 0 amide bonds. The highest BCUT2D eigenvalue weighted by molar-refractivity contribution is 6.17. The van der Waals surface area contributed by atoms with Gasteiger partial charge in [-0.05, 0) is 54.5 Å². The number of rotatable bonds is 1. The van der Waals surface area contributed by atoms with Crippen LogP contribution < -0.4 is 5.63 Å². The summed E-state index contributed by atoms with van der Waals surface area (Å²) in [7, 11) is 0. The van der Waals surface area contributed by atoms with Crippen LogP contribution in [0.15, 0.2) is 27.4 Å². The molecule has 0 aliphatic heterocycles. The van der Waals surface area contributed by atoms with E-state index in [0.29, 0.717) is 11.5 Å². The van der Waals surface area contributed by atoms with Crippen molar-refractivity contribution in [2.45, 2.75) is 31.6 Å². The van der Waals surface area contributed by atoms with E-state index < -0.39 is 0 Å². The Morgan fingerprint density at radius 3 is 2.53 bits per heavy atom. The first-order valence-corrected chi connectivity index (χ1v) is 6.46. The molecule has 0 unspecified atom stereocenters. The molecule has 0 bridgehead atoms. The third kappa shape index (κ3) is 1.87. The lowest BCUT2D eigenvalue weighted by Gasteiger charge is -2.16. The maximum atomic E-state index is 11.4. The SMILES string of the molecule is O=c1cc(CCl)c2cc3c(cc2o1)CCCC3. The number of benzene rings is 1. The number of hydrogen-bond acceptors (Lipinski definition) is 2. The third-order valence-electron chi connectivity index (χ3n) is 3.44. The summed E-state index contributed by atoms with van der Waals surface area (Å²) >= 11 is 5.88. The van der Waals surface area contributed by atoms with Gasteiger partial charge in [-0.1, -0.05) is 0 Å². The van der Waals surface area contributed by atoms with Crippen LogP contribution in [0.4, 0.5) is 0 Å². The number of hydrogen-bond donors (Lipinski definition) is 0. The maximum absolute atomic E-state index is 11.4. The highest BCUT2D eigenvalue weighted by atomic mass is 35.5. The van der Waals surface area contributed by atoms with E-state index >= 15 is 0 Å². The van der Waals surface area contributed by atoms with Crippen LogP contribution in [0.5, 0.6) is 0 Å². The Hall–Kier alpha value is -1.28. The second-order valence-electron chi connectivity index (χ2n) is 4.55. The molecule has 1 aliphatic rings. The first-order valence-electron chi connectivity index (χ1n) is 5.92. The van der Waals surface area contributed by atoms with E-state index in [9.17, 15) is 4.79 Å². The molecule has 3 rings (SSSR count). The van der Waals surface area contributed by atoms with Crippen molar-refractivity contribution in [2.75, 3.05) is 0 Å². The predicted octanol–water partition coefficient (Wildman–Crippen LogP) is 3.41. The summed E-state index contributed by atoms with van der Waals surface area (Å²) in [6.07, 6.45) is 4.66. The molecular weight excluding hydrogens is 236 g/mol. The van der Waals surface area contributed by atoms with Crippen molar-refractivity contribution in [2.24, 2.45) is 0 Å². The lowest BCUT2D eigenvalue weighted by molar-refractivity contribution is 0.558. The van der Waals surface area contributed by atoms with Gasteiger partial charge in [0.2, 0.25) is 0 Å². The lowest BCUT2D eigenvalue weighted by atomic mass is 9.90. The predicted molar refractivity (Wildman–Crippen MR) is 68.7 cm³/mol. The summed E-state index contributed by atoms with van der Waals surface area (Å²) in [6.45, 7) is 0. The highest BCUT2D eigenvalue weighted by Crippen LogP contribution is 2.28. The van der Waals surface area contributed by atoms with E-state index in [4.69, 9.17) is 16.0 Å². The minimum absolute atomic E-state index is 0.316. The molecule has 0 saturated carbocycles. The fourth-order valence-corrected chi connectivity index (χ4v) is 2.79. The number of fused-ring (bicyclic) bond motifs is 2. The molecule has 0 atom stereocenters. The molecule has 1 heterocycles. The van der Waals surface area contributed by atoms with Gasteiger partial charge in [0.15, 0.2) is 0 Å². The summed E-state index contributed by atoms with van der Waals surface area (Å²) in [4.78, 5) is 11.4. The Morgan fingerprint density at radius 2 is 1.82 bits per heavy atom. The van der Waals surface area contributed by atoms with Crippen molar-refractivity contribution in [1.82, 2.24) is 0 Å². The van der Waals surface area contributed by atoms with Crippen molar-refractivity contribution < 1.29 is 4.42 Å². The molecule has 2 nitrogen and oxygen atoms in total. The highest BCUT2D eigenvalue weighted by Gasteiger charge is 2.13. The van der Waals surface area contributed by atoms with Crippen molar-refractivity contribution in [3.8, 4) is 0 Å². The molecule has 1 aromatic carbocycles. The van der Waals surface area contributed by atoms with Gasteiger partial charge in [-0.25, -0.2) is 4.79 Å². The number of halogens is 1. The standard InChI is InChI=1S/C14H13ClO2/c15-8-11-7-14(16)17-13-6-10-4-2-1-3-9(10)5-12(11)13/h5-7H,1-4,8H2. The molecule has 0 spiro atoms. The first-order chi connectivity index (χ1) is 8.28. The molecule has 88 valence electrons. The van der Waals surface area contributed by atoms with Gasteiger partial charge in [0.25, 0.3) is 0 Å². The van der Waals surface area contributed by atoms with Crippen LogP contribution in [0.1, 0.15) is 29.5 Å². The van der Waals surface area contributed by atoms with Crippen LogP contribution >= 0.6 is 11.6 Å². The van der Waals surface area contributed by atoms with Crippen molar-refractivity contribution in [3.05, 3.63) is 45.3 Å². The summed E-state index contributed by atoms with van der Waals surface area (Å²) in [5.41, 5.74) is 3.92. The Morgan fingerprint density at radius 1 is 1.12 bits per heavy atom. The van der Waals surface area contributed by atoms with Gasteiger partial charge in [-0.3, -0.25) is 0 Å². The normalized spacial score (nSPS) is 14.9. The minimum atomic E-state index is -0.316. The van der Waals surface area contributed by atoms with E-state index in [1.807, 2.05) is 6.07 Å². The Labute approximate surface area is 104 Å². The summed E-state index contributed by atoms with van der Waals surface area (Å²) < 4.78 is 5.26. The van der Waals surface area contributed by atoms with E-state index in [2.05, 4.69) is 6.07 Å². The molecule has 0 radical (unpaired) electrons. The van der Waals surface area contributed by atoms with Gasteiger partial charge in [-0.15, -0.1) is 11.6 Å². The van der Waals surface area contributed by atoms with Crippen molar-refractivity contribution >= 4 is 22.6 Å². The zero-order valence-electron chi connectivity index (χ0n) is 9.46. The molecule has 3 heteroatoms. The smallest absolute Gasteiger partial charge is 0.336 e. The van der Waals surface area contributed by atoms with E-state index in [1.54, 1.807) is 0 Å². The van der Waals surface area contributed by atoms with Gasteiger partial charge in [0.05, 0.1) is 0 Å². The lowest BCUT2D eigenvalue weighted by Crippen LogP contribution is -2.05. The fourth-order valence-electron chi connectivity index (χ4n) is 2.57. The van der Waals surface area contributed by atoms with Crippen molar-refractivity contribution in [1.29, 1.82) is 0 Å². The molecule has 17 heavy (non-hydrogen) atoms. The van der Waals surface area contributed by atoms with Crippen molar-refractivity contribution in [3.63, 3.8) is 0 Å². The summed E-state index contributed by atoms with van der Waals surface area (Å²) in [5, 5.41) is 0.986. The van der Waals surface area contributed by atoms with Crippen LogP contribution in [0.25, 0.3) is 11.0 Å². The fraction of sp³-hybridized carbons (Fsp3) is 0.357. The number of aryl methyl sites for hydroxylation is 2. The Balaban J connectivity index is 2.33.